The van der Waals surface area contributed by atoms with Gasteiger partial charge in [-0.2, -0.15) is 0 Å². The third-order valence-corrected chi connectivity index (χ3v) is 3.08. The Balaban J connectivity index is 2.59. The lowest BCUT2D eigenvalue weighted by Gasteiger charge is -2.09. The molecule has 16 heavy (non-hydrogen) atoms. The molecule has 4 nitrogen and oxygen atoms in total. The van der Waals surface area contributed by atoms with Crippen molar-refractivity contribution < 1.29 is 4.79 Å². The van der Waals surface area contributed by atoms with Crippen molar-refractivity contribution in [1.82, 2.24) is 4.98 Å². The van der Waals surface area contributed by atoms with Gasteiger partial charge in [0.2, 0.25) is 5.91 Å². The average Bonchev–Trinajstić information content (AvgIpc) is 2.23. The maximum Gasteiger partial charge on any atom is 0.225 e. The van der Waals surface area contributed by atoms with E-state index in [1.807, 2.05) is 19.9 Å². The lowest BCUT2D eigenvalue weighted by Crippen LogP contribution is -2.20. The number of nitrogens with one attached hydrogen (secondary N) is 1. The summed E-state index contributed by atoms with van der Waals surface area (Å²) < 4.78 is 0.931. The van der Waals surface area contributed by atoms with E-state index in [9.17, 15) is 4.79 Å². The van der Waals surface area contributed by atoms with Gasteiger partial charge in [-0.15, -0.1) is 0 Å². The van der Waals surface area contributed by atoms with Gasteiger partial charge in [0, 0.05) is 17.1 Å². The van der Waals surface area contributed by atoms with Crippen LogP contribution < -0.4 is 11.1 Å². The minimum Gasteiger partial charge on any atom is -0.330 e. The van der Waals surface area contributed by atoms with Crippen molar-refractivity contribution in [3.8, 4) is 0 Å². The third-order valence-electron chi connectivity index (χ3n) is 2.25. The quantitative estimate of drug-likeness (QED) is 0.890. The first-order chi connectivity index (χ1) is 7.52. The molecular formula is C11H16BrN3O. The molecule has 0 saturated heterocycles. The predicted octanol–water partition coefficient (Wildman–Crippen LogP) is 2.08. The molecule has 88 valence electrons. The molecule has 0 bridgehead atoms. The van der Waals surface area contributed by atoms with Crippen molar-refractivity contribution in [3.63, 3.8) is 0 Å². The van der Waals surface area contributed by atoms with E-state index in [0.29, 0.717) is 18.8 Å². The van der Waals surface area contributed by atoms with Crippen molar-refractivity contribution in [3.05, 3.63) is 22.3 Å². The molecule has 0 fully saturated rings. The minimum absolute atomic E-state index is 0.0489. The van der Waals surface area contributed by atoms with Gasteiger partial charge < -0.3 is 11.1 Å². The number of nitrogens with two attached hydrogens (primary N) is 1. The number of hydrogen-bond acceptors (Lipinski definition) is 3. The normalized spacial score (nSPS) is 12.2. The molecule has 0 aliphatic rings. The van der Waals surface area contributed by atoms with Crippen molar-refractivity contribution in [2.75, 3.05) is 11.9 Å². The van der Waals surface area contributed by atoms with Gasteiger partial charge in [-0.1, -0.05) is 6.92 Å². The summed E-state index contributed by atoms with van der Waals surface area (Å²) in [6, 6.07) is 1.83. The highest BCUT2D eigenvalue weighted by atomic mass is 79.9. The van der Waals surface area contributed by atoms with Crippen LogP contribution in [0, 0.1) is 12.8 Å². The Morgan fingerprint density at radius 2 is 2.38 bits per heavy atom. The summed E-state index contributed by atoms with van der Waals surface area (Å²) in [5, 5.41) is 2.75. The zero-order valence-electron chi connectivity index (χ0n) is 9.46. The van der Waals surface area contributed by atoms with Gasteiger partial charge in [-0.3, -0.25) is 4.79 Å². The zero-order valence-corrected chi connectivity index (χ0v) is 11.0. The maximum atomic E-state index is 11.6. The summed E-state index contributed by atoms with van der Waals surface area (Å²) in [4.78, 5) is 15.7. The molecule has 1 aromatic rings. The lowest BCUT2D eigenvalue weighted by molar-refractivity contribution is -0.116. The number of anilines is 1. The molecule has 1 heterocycles. The number of aromatic nitrogens is 1. The van der Waals surface area contributed by atoms with E-state index >= 15 is 0 Å². The first-order valence-corrected chi connectivity index (χ1v) is 5.94. The molecule has 0 aliphatic carbocycles. The Morgan fingerprint density at radius 3 is 2.94 bits per heavy atom. The number of amides is 1. The average molecular weight is 286 g/mol. The van der Waals surface area contributed by atoms with E-state index in [4.69, 9.17) is 5.73 Å². The molecular weight excluding hydrogens is 270 g/mol. The van der Waals surface area contributed by atoms with Gasteiger partial charge in [0.25, 0.3) is 0 Å². The van der Waals surface area contributed by atoms with E-state index in [-0.39, 0.29) is 11.8 Å². The van der Waals surface area contributed by atoms with Crippen molar-refractivity contribution in [2.45, 2.75) is 20.3 Å². The van der Waals surface area contributed by atoms with Crippen LogP contribution >= 0.6 is 15.9 Å². The van der Waals surface area contributed by atoms with E-state index in [0.717, 1.165) is 10.0 Å². The maximum absolute atomic E-state index is 11.6. The van der Waals surface area contributed by atoms with E-state index in [1.54, 1.807) is 6.20 Å². The number of nitrogens with zero attached hydrogens (tertiary/aromatic N) is 1. The predicted molar refractivity (Wildman–Crippen MR) is 68.1 cm³/mol. The first-order valence-electron chi connectivity index (χ1n) is 5.15. The van der Waals surface area contributed by atoms with Crippen molar-refractivity contribution >= 4 is 27.7 Å². The molecule has 0 aliphatic heterocycles. The largest absolute Gasteiger partial charge is 0.330 e. The minimum atomic E-state index is -0.0489. The summed E-state index contributed by atoms with van der Waals surface area (Å²) in [6.07, 6.45) is 2.10. The summed E-state index contributed by atoms with van der Waals surface area (Å²) in [6.45, 7) is 4.41. The summed E-state index contributed by atoms with van der Waals surface area (Å²) >= 11 is 3.36. The van der Waals surface area contributed by atoms with Gasteiger partial charge in [0.15, 0.2) is 0 Å². The molecule has 0 aromatic carbocycles. The number of aryl methyl sites for hydroxylation is 1. The molecule has 0 spiro atoms. The van der Waals surface area contributed by atoms with Crippen LogP contribution in [-0.2, 0) is 4.79 Å². The molecule has 1 atom stereocenters. The second-order valence-corrected chi connectivity index (χ2v) is 4.77. The molecule has 0 saturated carbocycles. The molecule has 1 unspecified atom stereocenters. The topological polar surface area (TPSA) is 68.0 Å². The number of halogens is 1. The van der Waals surface area contributed by atoms with Crippen LogP contribution in [0.25, 0.3) is 0 Å². The van der Waals surface area contributed by atoms with Gasteiger partial charge >= 0.3 is 0 Å². The highest BCUT2D eigenvalue weighted by Gasteiger charge is 2.08. The fraction of sp³-hybridized carbons (Fsp3) is 0.455. The second-order valence-electron chi connectivity index (χ2n) is 3.91. The highest BCUT2D eigenvalue weighted by Crippen LogP contribution is 2.17. The van der Waals surface area contributed by atoms with E-state index in [1.165, 1.54) is 0 Å². The van der Waals surface area contributed by atoms with Crippen LogP contribution in [0.3, 0.4) is 0 Å². The van der Waals surface area contributed by atoms with Crippen molar-refractivity contribution in [1.29, 1.82) is 0 Å². The van der Waals surface area contributed by atoms with Crippen LogP contribution in [0.1, 0.15) is 18.9 Å². The summed E-state index contributed by atoms with van der Waals surface area (Å²) in [5.41, 5.74) is 6.49. The summed E-state index contributed by atoms with van der Waals surface area (Å²) in [7, 11) is 0. The van der Waals surface area contributed by atoms with Gasteiger partial charge in [0.1, 0.15) is 5.82 Å². The molecule has 1 amide bonds. The SMILES string of the molecule is Cc1cc(NC(=O)CC(C)CN)ncc1Br. The molecule has 3 N–H and O–H groups in total. The zero-order chi connectivity index (χ0) is 12.1. The second kappa shape index (κ2) is 5.96. The fourth-order valence-electron chi connectivity index (χ4n) is 1.20. The van der Waals surface area contributed by atoms with Crippen LogP contribution in [-0.4, -0.2) is 17.4 Å². The molecule has 0 radical (unpaired) electrons. The first kappa shape index (κ1) is 13.1. The smallest absolute Gasteiger partial charge is 0.225 e. The van der Waals surface area contributed by atoms with Gasteiger partial charge in [-0.05, 0) is 46.9 Å². The number of carbonyl (C=O) groups is 1. The van der Waals surface area contributed by atoms with Crippen LogP contribution in [0.5, 0.6) is 0 Å². The van der Waals surface area contributed by atoms with Gasteiger partial charge in [-0.25, -0.2) is 4.98 Å². The van der Waals surface area contributed by atoms with Crippen LogP contribution in [0.2, 0.25) is 0 Å². The Kier molecular flexibility index (Phi) is 4.89. The molecule has 1 aromatic heterocycles. The standard InChI is InChI=1S/C11H16BrN3O/c1-7(5-13)3-11(16)15-10-4-8(2)9(12)6-14-10/h4,6-7H,3,5,13H2,1-2H3,(H,14,15,16). The fourth-order valence-corrected chi connectivity index (χ4v) is 1.42. The third kappa shape index (κ3) is 3.90. The summed E-state index contributed by atoms with van der Waals surface area (Å²) in [5.74, 6) is 0.721. The van der Waals surface area contributed by atoms with Crippen LogP contribution in [0.15, 0.2) is 16.7 Å². The number of carbonyl (C=O) groups excluding carboxylic acids is 1. The lowest BCUT2D eigenvalue weighted by atomic mass is 10.1. The van der Waals surface area contributed by atoms with Gasteiger partial charge in [0.05, 0.1) is 0 Å². The Labute approximate surface area is 104 Å². The highest BCUT2D eigenvalue weighted by molar-refractivity contribution is 9.10. The van der Waals surface area contributed by atoms with E-state index in [2.05, 4.69) is 26.2 Å². The number of pyridine rings is 1. The van der Waals surface area contributed by atoms with Crippen molar-refractivity contribution in [2.24, 2.45) is 11.7 Å². The molecule has 5 heteroatoms. The number of hydrogen-bond donors (Lipinski definition) is 2. The molecule has 1 rings (SSSR count). The number of rotatable bonds is 4. The Hall–Kier alpha value is -0.940. The Bertz CT molecular complexity index is 381. The Morgan fingerprint density at radius 1 is 1.69 bits per heavy atom. The monoisotopic (exact) mass is 285 g/mol. The van der Waals surface area contributed by atoms with Crippen LogP contribution in [0.4, 0.5) is 5.82 Å². The van der Waals surface area contributed by atoms with E-state index < -0.39 is 0 Å².